The van der Waals surface area contributed by atoms with Crippen molar-refractivity contribution in [1.29, 1.82) is 0 Å². The quantitative estimate of drug-likeness (QED) is 0.656. The van der Waals surface area contributed by atoms with E-state index in [0.717, 1.165) is 10.9 Å². The van der Waals surface area contributed by atoms with Crippen molar-refractivity contribution in [3.63, 3.8) is 0 Å². The van der Waals surface area contributed by atoms with Crippen molar-refractivity contribution in [3.8, 4) is 0 Å². The average molecular weight is 403 g/mol. The van der Waals surface area contributed by atoms with Crippen molar-refractivity contribution in [3.05, 3.63) is 66.0 Å². The summed E-state index contributed by atoms with van der Waals surface area (Å²) in [5.41, 5.74) is 1.09. The number of aromatic nitrogens is 2. The van der Waals surface area contributed by atoms with Gasteiger partial charge in [-0.3, -0.25) is 14.9 Å². The summed E-state index contributed by atoms with van der Waals surface area (Å²) in [4.78, 5) is 48.9. The fourth-order valence-electron chi connectivity index (χ4n) is 4.38. The number of amides is 4. The lowest BCUT2D eigenvalue weighted by molar-refractivity contribution is -0.129. The third-order valence-electron chi connectivity index (χ3n) is 6.09. The van der Waals surface area contributed by atoms with Crippen LogP contribution in [-0.4, -0.2) is 56.2 Å². The van der Waals surface area contributed by atoms with E-state index in [4.69, 9.17) is 0 Å². The minimum Gasteiger partial charge on any atom is -0.346 e. The zero-order chi connectivity index (χ0) is 20.7. The maximum Gasteiger partial charge on any atom is 0.325 e. The number of imide groups is 1. The van der Waals surface area contributed by atoms with E-state index in [1.807, 2.05) is 42.5 Å². The molecule has 0 unspecified atom stereocenters. The third kappa shape index (κ3) is 2.92. The van der Waals surface area contributed by atoms with E-state index in [1.165, 1.54) is 0 Å². The Hall–Kier alpha value is -3.68. The Bertz CT molecular complexity index is 1130. The van der Waals surface area contributed by atoms with Gasteiger partial charge in [0.05, 0.1) is 0 Å². The molecule has 0 saturated carbocycles. The highest BCUT2D eigenvalue weighted by Gasteiger charge is 2.54. The summed E-state index contributed by atoms with van der Waals surface area (Å²) in [5, 5.41) is 3.41. The highest BCUT2D eigenvalue weighted by molar-refractivity contribution is 6.07. The van der Waals surface area contributed by atoms with Crippen molar-refractivity contribution in [1.82, 2.24) is 25.1 Å². The lowest BCUT2D eigenvalue weighted by Gasteiger charge is -2.42. The molecule has 30 heavy (non-hydrogen) atoms. The number of benzene rings is 1. The van der Waals surface area contributed by atoms with Gasteiger partial charge in [0, 0.05) is 31.2 Å². The van der Waals surface area contributed by atoms with E-state index in [1.54, 1.807) is 22.1 Å². The van der Waals surface area contributed by atoms with Crippen LogP contribution in [0.15, 0.2) is 54.7 Å². The van der Waals surface area contributed by atoms with Crippen molar-refractivity contribution >= 4 is 28.9 Å². The van der Waals surface area contributed by atoms with Gasteiger partial charge in [0.1, 0.15) is 16.9 Å². The monoisotopic (exact) mass is 403 g/mol. The highest BCUT2D eigenvalue weighted by atomic mass is 16.2. The van der Waals surface area contributed by atoms with Crippen LogP contribution < -0.4 is 5.32 Å². The summed E-state index contributed by atoms with van der Waals surface area (Å²) in [6.45, 7) is 1.13. The summed E-state index contributed by atoms with van der Waals surface area (Å²) < 4.78 is 0. The minimum absolute atomic E-state index is 0.166. The number of nitrogens with one attached hydrogen (secondary N) is 2. The first-order chi connectivity index (χ1) is 14.6. The Kier molecular flexibility index (Phi) is 4.27. The van der Waals surface area contributed by atoms with E-state index in [9.17, 15) is 14.4 Å². The van der Waals surface area contributed by atoms with E-state index in [2.05, 4.69) is 15.3 Å². The molecule has 152 valence electrons. The zero-order valence-corrected chi connectivity index (χ0v) is 16.3. The van der Waals surface area contributed by atoms with Gasteiger partial charge in [0.2, 0.25) is 0 Å². The van der Waals surface area contributed by atoms with Gasteiger partial charge in [-0.2, -0.15) is 0 Å². The van der Waals surface area contributed by atoms with E-state index < -0.39 is 5.54 Å². The van der Waals surface area contributed by atoms with Gasteiger partial charge >= 0.3 is 6.03 Å². The van der Waals surface area contributed by atoms with Gasteiger partial charge in [-0.15, -0.1) is 0 Å². The molecular weight excluding hydrogens is 382 g/mol. The average Bonchev–Trinajstić information content (AvgIpc) is 3.33. The van der Waals surface area contributed by atoms with Crippen LogP contribution in [0.3, 0.4) is 0 Å². The highest BCUT2D eigenvalue weighted by Crippen LogP contribution is 2.35. The van der Waals surface area contributed by atoms with Crippen LogP contribution in [0.25, 0.3) is 11.0 Å². The first kappa shape index (κ1) is 18.4. The third-order valence-corrected chi connectivity index (χ3v) is 6.09. The second-order valence-corrected chi connectivity index (χ2v) is 7.77. The fraction of sp³-hybridized carbons (Fsp3) is 0.273. The van der Waals surface area contributed by atoms with Crippen LogP contribution >= 0.6 is 0 Å². The molecule has 8 heteroatoms. The first-order valence-electron chi connectivity index (χ1n) is 9.97. The maximum absolute atomic E-state index is 13.0. The molecule has 4 heterocycles. The predicted octanol–water partition coefficient (Wildman–Crippen LogP) is 2.29. The molecule has 0 atom stereocenters. The van der Waals surface area contributed by atoms with Crippen LogP contribution in [0.5, 0.6) is 0 Å². The molecule has 0 aliphatic carbocycles. The Balaban J connectivity index is 1.34. The molecular formula is C22H21N5O3. The molecule has 2 aliphatic heterocycles. The van der Waals surface area contributed by atoms with Gasteiger partial charge in [0.15, 0.2) is 0 Å². The van der Waals surface area contributed by atoms with Crippen molar-refractivity contribution in [2.75, 3.05) is 13.1 Å². The predicted molar refractivity (Wildman–Crippen MR) is 109 cm³/mol. The van der Waals surface area contributed by atoms with E-state index >= 15 is 0 Å². The van der Waals surface area contributed by atoms with Crippen LogP contribution in [0.1, 0.15) is 28.9 Å². The second kappa shape index (κ2) is 6.98. The van der Waals surface area contributed by atoms with Gasteiger partial charge in [-0.1, -0.05) is 30.3 Å². The summed E-state index contributed by atoms with van der Waals surface area (Å²) in [5.74, 6) is -0.442. The first-order valence-corrected chi connectivity index (χ1v) is 9.97. The molecule has 2 aliphatic rings. The van der Waals surface area contributed by atoms with Crippen LogP contribution in [0, 0.1) is 0 Å². The topological polar surface area (TPSA) is 98.4 Å². The number of H-pyrrole nitrogens is 1. The molecule has 0 radical (unpaired) electrons. The standard InChI is InChI=1S/C22H21N5O3/c28-19(17-7-6-16-8-11-23-18(16)24-17)26-12-9-22(10-13-26)20(29)25-21(30)27(22)14-15-4-2-1-3-5-15/h1-8,11H,9-10,12-14H2,(H,23,24)(H,25,29,30). The van der Waals surface area contributed by atoms with Gasteiger partial charge in [0.25, 0.3) is 11.8 Å². The molecule has 1 aromatic carbocycles. The number of pyridine rings is 1. The number of hydrogen-bond acceptors (Lipinski definition) is 4. The summed E-state index contributed by atoms with van der Waals surface area (Å²) >= 11 is 0. The number of rotatable bonds is 3. The number of likely N-dealkylation sites (tertiary alicyclic amines) is 1. The zero-order valence-electron chi connectivity index (χ0n) is 16.3. The SMILES string of the molecule is O=C(c1ccc2cc[nH]c2n1)N1CCC2(CC1)C(=O)NC(=O)N2Cc1ccccc1. The summed E-state index contributed by atoms with van der Waals surface area (Å²) in [6, 6.07) is 14.7. The van der Waals surface area contributed by atoms with E-state index in [0.29, 0.717) is 43.8 Å². The Morgan fingerprint density at radius 3 is 2.57 bits per heavy atom. The summed E-state index contributed by atoms with van der Waals surface area (Å²) in [7, 11) is 0. The van der Waals surface area contributed by atoms with Crippen LogP contribution in [-0.2, 0) is 11.3 Å². The molecule has 2 fully saturated rings. The molecule has 8 nitrogen and oxygen atoms in total. The molecule has 5 rings (SSSR count). The van der Waals surface area contributed by atoms with Crippen LogP contribution in [0.4, 0.5) is 4.79 Å². The number of carbonyl (C=O) groups is 3. The number of urea groups is 1. The maximum atomic E-state index is 13.0. The lowest BCUT2D eigenvalue weighted by atomic mass is 9.85. The minimum atomic E-state index is -0.916. The number of fused-ring (bicyclic) bond motifs is 1. The Morgan fingerprint density at radius 2 is 1.80 bits per heavy atom. The Labute approximate surface area is 172 Å². The molecule has 2 aromatic heterocycles. The lowest BCUT2D eigenvalue weighted by Crippen LogP contribution is -2.57. The fourth-order valence-corrected chi connectivity index (χ4v) is 4.38. The molecule has 1 spiro atoms. The largest absolute Gasteiger partial charge is 0.346 e. The van der Waals surface area contributed by atoms with Crippen LogP contribution in [0.2, 0.25) is 0 Å². The second-order valence-electron chi connectivity index (χ2n) is 7.77. The van der Waals surface area contributed by atoms with E-state index in [-0.39, 0.29) is 17.8 Å². The normalized spacial score (nSPS) is 18.3. The number of nitrogens with zero attached hydrogens (tertiary/aromatic N) is 3. The Morgan fingerprint density at radius 1 is 1.03 bits per heavy atom. The molecule has 0 bridgehead atoms. The molecule has 4 amide bonds. The number of aromatic amines is 1. The number of carbonyl (C=O) groups excluding carboxylic acids is 3. The van der Waals surface area contributed by atoms with Gasteiger partial charge < -0.3 is 14.8 Å². The van der Waals surface area contributed by atoms with Gasteiger partial charge in [-0.25, -0.2) is 9.78 Å². The smallest absolute Gasteiger partial charge is 0.325 e. The molecule has 2 N–H and O–H groups in total. The van der Waals surface area contributed by atoms with Crippen molar-refractivity contribution in [2.45, 2.75) is 24.9 Å². The summed E-state index contributed by atoms with van der Waals surface area (Å²) in [6.07, 6.45) is 2.58. The van der Waals surface area contributed by atoms with Gasteiger partial charge in [-0.05, 0) is 36.6 Å². The molecule has 3 aromatic rings. The van der Waals surface area contributed by atoms with Crippen molar-refractivity contribution < 1.29 is 14.4 Å². The van der Waals surface area contributed by atoms with Crippen molar-refractivity contribution in [2.24, 2.45) is 0 Å². The molecule has 2 saturated heterocycles. The number of hydrogen-bond donors (Lipinski definition) is 2. The number of piperidine rings is 1.